The van der Waals surface area contributed by atoms with Crippen LogP contribution in [0.25, 0.3) is 0 Å². The van der Waals surface area contributed by atoms with Crippen LogP contribution in [-0.4, -0.2) is 22.2 Å². The van der Waals surface area contributed by atoms with E-state index in [-0.39, 0.29) is 6.42 Å². The SMILES string of the molecule is CC([CH]CCC(=O)O)C(=O)O. The Bertz CT molecular complexity index is 153. The molecule has 1 unspecified atom stereocenters. The average Bonchev–Trinajstić information content (AvgIpc) is 1.86. The van der Waals surface area contributed by atoms with Crippen molar-refractivity contribution in [3.8, 4) is 0 Å². The minimum atomic E-state index is -0.921. The molecule has 0 saturated carbocycles. The summed E-state index contributed by atoms with van der Waals surface area (Å²) in [5.41, 5.74) is 0. The normalized spacial score (nSPS) is 12.5. The molecule has 0 spiro atoms. The number of carboxylic acids is 2. The molecule has 63 valence electrons. The first-order valence-electron chi connectivity index (χ1n) is 3.32. The fourth-order valence-corrected chi connectivity index (χ4v) is 0.558. The molecule has 0 aliphatic heterocycles. The highest BCUT2D eigenvalue weighted by atomic mass is 16.4. The first kappa shape index (κ1) is 9.94. The van der Waals surface area contributed by atoms with Gasteiger partial charge in [-0.15, -0.1) is 0 Å². The zero-order valence-electron chi connectivity index (χ0n) is 6.28. The highest BCUT2D eigenvalue weighted by molar-refractivity contribution is 5.71. The van der Waals surface area contributed by atoms with Gasteiger partial charge in [0.05, 0.1) is 5.92 Å². The smallest absolute Gasteiger partial charge is 0.306 e. The van der Waals surface area contributed by atoms with Crippen molar-refractivity contribution in [3.05, 3.63) is 6.42 Å². The van der Waals surface area contributed by atoms with Crippen molar-refractivity contribution in [3.63, 3.8) is 0 Å². The Labute approximate surface area is 64.8 Å². The maximum atomic E-state index is 10.2. The molecule has 0 rings (SSSR count). The molecule has 1 radical (unpaired) electrons. The van der Waals surface area contributed by atoms with Crippen LogP contribution in [-0.2, 0) is 9.59 Å². The van der Waals surface area contributed by atoms with Crippen molar-refractivity contribution in [1.29, 1.82) is 0 Å². The predicted molar refractivity (Wildman–Crippen MR) is 38.0 cm³/mol. The van der Waals surface area contributed by atoms with Gasteiger partial charge in [0.25, 0.3) is 0 Å². The van der Waals surface area contributed by atoms with Gasteiger partial charge in [0, 0.05) is 6.42 Å². The van der Waals surface area contributed by atoms with Gasteiger partial charge in [0.2, 0.25) is 0 Å². The van der Waals surface area contributed by atoms with E-state index in [0.29, 0.717) is 6.42 Å². The van der Waals surface area contributed by atoms with Crippen molar-refractivity contribution < 1.29 is 19.8 Å². The summed E-state index contributed by atoms with van der Waals surface area (Å²) in [6.45, 7) is 1.52. The lowest BCUT2D eigenvalue weighted by molar-refractivity contribution is -0.141. The van der Waals surface area contributed by atoms with Gasteiger partial charge in [-0.3, -0.25) is 9.59 Å². The first-order chi connectivity index (χ1) is 5.04. The second-order valence-electron chi connectivity index (χ2n) is 2.30. The Morgan fingerprint density at radius 3 is 2.36 bits per heavy atom. The molecule has 11 heavy (non-hydrogen) atoms. The number of carbonyl (C=O) groups is 2. The summed E-state index contributed by atoms with van der Waals surface area (Å²) in [6, 6.07) is 0. The van der Waals surface area contributed by atoms with Crippen molar-refractivity contribution in [2.45, 2.75) is 19.8 Å². The summed E-state index contributed by atoms with van der Waals surface area (Å²) in [6.07, 6.45) is 1.79. The van der Waals surface area contributed by atoms with Crippen molar-refractivity contribution >= 4 is 11.9 Å². The van der Waals surface area contributed by atoms with Crippen LogP contribution in [0, 0.1) is 12.3 Å². The molecule has 0 saturated heterocycles. The van der Waals surface area contributed by atoms with Crippen LogP contribution in [0.4, 0.5) is 0 Å². The number of rotatable bonds is 5. The summed E-state index contributed by atoms with van der Waals surface area (Å²) in [5, 5.41) is 16.6. The highest BCUT2D eigenvalue weighted by Crippen LogP contribution is 2.05. The Kier molecular flexibility index (Phi) is 4.26. The lowest BCUT2D eigenvalue weighted by atomic mass is 10.1. The Hall–Kier alpha value is -1.06. The summed E-state index contributed by atoms with van der Waals surface area (Å²) in [7, 11) is 0. The van der Waals surface area contributed by atoms with E-state index in [1.165, 1.54) is 13.3 Å². The standard InChI is InChI=1S/C7H11O4/c1-5(7(10)11)3-2-4-6(8)9/h3,5H,2,4H2,1H3,(H,8,9)(H,10,11). The molecule has 0 aliphatic rings. The minimum absolute atomic E-state index is 0.00236. The largest absolute Gasteiger partial charge is 0.481 e. The topological polar surface area (TPSA) is 74.6 Å². The molecular weight excluding hydrogens is 148 g/mol. The van der Waals surface area contributed by atoms with Gasteiger partial charge < -0.3 is 10.2 Å². The van der Waals surface area contributed by atoms with E-state index in [1.807, 2.05) is 0 Å². The average molecular weight is 159 g/mol. The molecular formula is C7H11O4. The van der Waals surface area contributed by atoms with Crippen molar-refractivity contribution in [1.82, 2.24) is 0 Å². The van der Waals surface area contributed by atoms with Gasteiger partial charge in [0.15, 0.2) is 0 Å². The highest BCUT2D eigenvalue weighted by Gasteiger charge is 2.10. The Morgan fingerprint density at radius 2 is 2.00 bits per heavy atom. The van der Waals surface area contributed by atoms with E-state index < -0.39 is 17.9 Å². The van der Waals surface area contributed by atoms with E-state index in [4.69, 9.17) is 10.2 Å². The zero-order chi connectivity index (χ0) is 8.85. The third-order valence-electron chi connectivity index (χ3n) is 1.27. The summed E-state index contributed by atoms with van der Waals surface area (Å²) >= 11 is 0. The van der Waals surface area contributed by atoms with Crippen molar-refractivity contribution in [2.24, 2.45) is 5.92 Å². The van der Waals surface area contributed by atoms with Gasteiger partial charge in [-0.1, -0.05) is 6.92 Å². The molecule has 0 aromatic carbocycles. The summed E-state index contributed by atoms with van der Waals surface area (Å²) in [4.78, 5) is 20.2. The van der Waals surface area contributed by atoms with Crippen LogP contribution in [0.5, 0.6) is 0 Å². The molecule has 0 bridgehead atoms. The number of aliphatic carboxylic acids is 2. The monoisotopic (exact) mass is 159 g/mol. The van der Waals surface area contributed by atoms with E-state index in [2.05, 4.69) is 0 Å². The maximum Gasteiger partial charge on any atom is 0.306 e. The van der Waals surface area contributed by atoms with Gasteiger partial charge in [-0.05, 0) is 12.8 Å². The molecule has 0 aromatic rings. The minimum Gasteiger partial charge on any atom is -0.481 e. The molecule has 0 amide bonds. The molecule has 0 aliphatic carbocycles. The van der Waals surface area contributed by atoms with Gasteiger partial charge >= 0.3 is 11.9 Å². The van der Waals surface area contributed by atoms with E-state index in [0.717, 1.165) is 0 Å². The van der Waals surface area contributed by atoms with Gasteiger partial charge in [-0.2, -0.15) is 0 Å². The van der Waals surface area contributed by atoms with Crippen LogP contribution in [0.3, 0.4) is 0 Å². The number of hydrogen-bond donors (Lipinski definition) is 2. The summed E-state index contributed by atoms with van der Waals surface area (Å²) in [5.74, 6) is -2.39. The molecule has 4 nitrogen and oxygen atoms in total. The van der Waals surface area contributed by atoms with Gasteiger partial charge in [0.1, 0.15) is 0 Å². The lowest BCUT2D eigenvalue weighted by Crippen LogP contribution is -2.10. The van der Waals surface area contributed by atoms with Crippen molar-refractivity contribution in [2.75, 3.05) is 0 Å². The van der Waals surface area contributed by atoms with E-state index in [1.54, 1.807) is 0 Å². The molecule has 0 heterocycles. The second-order valence-corrected chi connectivity index (χ2v) is 2.30. The van der Waals surface area contributed by atoms with Crippen LogP contribution in [0.2, 0.25) is 0 Å². The molecule has 1 atom stereocenters. The quantitative estimate of drug-likeness (QED) is 0.621. The fourth-order valence-electron chi connectivity index (χ4n) is 0.558. The fraction of sp³-hybridized carbons (Fsp3) is 0.571. The lowest BCUT2D eigenvalue weighted by Gasteiger charge is -2.02. The van der Waals surface area contributed by atoms with Crippen LogP contribution >= 0.6 is 0 Å². The third-order valence-corrected chi connectivity index (χ3v) is 1.27. The maximum absolute atomic E-state index is 10.2. The first-order valence-corrected chi connectivity index (χ1v) is 3.32. The molecule has 2 N–H and O–H groups in total. The van der Waals surface area contributed by atoms with E-state index in [9.17, 15) is 9.59 Å². The third kappa shape index (κ3) is 5.39. The van der Waals surface area contributed by atoms with E-state index >= 15 is 0 Å². The van der Waals surface area contributed by atoms with Crippen LogP contribution < -0.4 is 0 Å². The molecule has 4 heteroatoms. The molecule has 0 fully saturated rings. The Morgan fingerprint density at radius 1 is 1.45 bits per heavy atom. The van der Waals surface area contributed by atoms with Gasteiger partial charge in [-0.25, -0.2) is 0 Å². The Balaban J connectivity index is 3.39. The zero-order valence-corrected chi connectivity index (χ0v) is 6.28. The second kappa shape index (κ2) is 4.71. The van der Waals surface area contributed by atoms with Crippen LogP contribution in [0.1, 0.15) is 19.8 Å². The number of hydrogen-bond acceptors (Lipinski definition) is 2. The summed E-state index contributed by atoms with van der Waals surface area (Å²) < 4.78 is 0. The predicted octanol–water partition coefficient (Wildman–Crippen LogP) is 0.776. The number of carboxylic acid groups (broad SMARTS) is 2. The van der Waals surface area contributed by atoms with Crippen LogP contribution in [0.15, 0.2) is 0 Å². The molecule has 0 aromatic heterocycles.